The van der Waals surface area contributed by atoms with Crippen molar-refractivity contribution in [1.29, 1.82) is 0 Å². The molecule has 1 unspecified atom stereocenters. The first-order chi connectivity index (χ1) is 15.8. The predicted octanol–water partition coefficient (Wildman–Crippen LogP) is -4.14. The van der Waals surface area contributed by atoms with Gasteiger partial charge in [-0.25, -0.2) is 0 Å². The Bertz CT molecular complexity index is 889. The average Bonchev–Trinajstić information content (AvgIpc) is 2.86. The molecule has 1 aromatic rings. The first-order valence-electron chi connectivity index (χ1n) is 11.4. The summed E-state index contributed by atoms with van der Waals surface area (Å²) < 4.78 is 0. The van der Waals surface area contributed by atoms with Crippen LogP contribution in [-0.4, -0.2) is 123 Å². The molecule has 0 bridgehead atoms. The predicted molar refractivity (Wildman–Crippen MR) is 125 cm³/mol. The zero-order valence-corrected chi connectivity index (χ0v) is 22.5. The van der Waals surface area contributed by atoms with Crippen LogP contribution in [0, 0.1) is 0 Å². The van der Waals surface area contributed by atoms with Crippen molar-refractivity contribution in [3.8, 4) is 0 Å². The van der Waals surface area contributed by atoms with Gasteiger partial charge in [-0.15, -0.1) is 0 Å². The van der Waals surface area contributed by atoms with Crippen LogP contribution in [0.5, 0.6) is 0 Å². The minimum absolute atomic E-state index is 0. The number of carboxylic acid groups (broad SMARTS) is 2. The summed E-state index contributed by atoms with van der Waals surface area (Å²) in [5.41, 5.74) is -0.151. The Morgan fingerprint density at radius 1 is 1.03 bits per heavy atom. The molecule has 0 aliphatic carbocycles. The van der Waals surface area contributed by atoms with Crippen LogP contribution in [0.1, 0.15) is 31.7 Å². The van der Waals surface area contributed by atoms with Gasteiger partial charge in [-0.3, -0.25) is 24.3 Å². The molecule has 1 aromatic carbocycles. The van der Waals surface area contributed by atoms with Crippen molar-refractivity contribution in [2.24, 2.45) is 0 Å². The van der Waals surface area contributed by atoms with Crippen molar-refractivity contribution in [3.05, 3.63) is 26.0 Å². The van der Waals surface area contributed by atoms with Crippen LogP contribution >= 0.6 is 0 Å². The molecule has 1 aliphatic heterocycles. The zero-order chi connectivity index (χ0) is 24.4. The summed E-state index contributed by atoms with van der Waals surface area (Å²) in [7, 11) is 0. The van der Waals surface area contributed by atoms with Crippen LogP contribution in [0.25, 0.3) is 0 Å². The molecule has 1 saturated heterocycles. The molecule has 12 nitrogen and oxygen atoms in total. The molecule has 2 N–H and O–H groups in total. The zero-order valence-electron chi connectivity index (χ0n) is 20.1. The molecule has 0 amide bonds. The van der Waals surface area contributed by atoms with Crippen molar-refractivity contribution in [3.63, 3.8) is 0 Å². The van der Waals surface area contributed by atoms with Gasteiger partial charge in [0.1, 0.15) is 6.29 Å². The normalized spacial score (nSPS) is 16.7. The topological polar surface area (TPSA) is 183 Å². The molecular weight excluding hydrogens is 518 g/mol. The maximum Gasteiger partial charge on any atom is 3.00 e. The quantitative estimate of drug-likeness (QED) is 0.108. The number of rotatable bonds is 13. The van der Waals surface area contributed by atoms with E-state index in [1.807, 2.05) is 11.8 Å². The molecule has 0 aromatic heterocycles. The number of carboxylic acids is 2. The summed E-state index contributed by atoms with van der Waals surface area (Å²) >= 11 is 0. The number of aldehydes is 1. The van der Waals surface area contributed by atoms with Crippen LogP contribution in [0.3, 0.4) is 0 Å². The first kappa shape index (κ1) is 33.0. The maximum atomic E-state index is 11.9. The molecule has 0 spiro atoms. The minimum atomic E-state index is -1.23. The van der Waals surface area contributed by atoms with Crippen LogP contribution in [0.4, 0.5) is 5.69 Å². The first-order valence-corrected chi connectivity index (χ1v) is 11.4. The summed E-state index contributed by atoms with van der Waals surface area (Å²) in [6, 6.07) is -0.907. The Hall–Kier alpha value is -2.03. The van der Waals surface area contributed by atoms with E-state index in [1.165, 1.54) is 0 Å². The Morgan fingerprint density at radius 2 is 1.63 bits per heavy atom. The fraction of sp³-hybridized carbons (Fsp3) is 0.682. The van der Waals surface area contributed by atoms with Gasteiger partial charge in [0.15, 0.2) is 0 Å². The van der Waals surface area contributed by atoms with Gasteiger partial charge in [0.05, 0.1) is 24.2 Å². The number of carbonyl (C=O) groups excluding carboxylic acids is 3. The Balaban J connectivity index is 0.00000578. The molecule has 0 saturated carbocycles. The number of hydrogen-bond acceptors (Lipinski definition) is 12. The van der Waals surface area contributed by atoms with E-state index in [0.29, 0.717) is 69.9 Å². The van der Waals surface area contributed by atoms with E-state index in [2.05, 4.69) is 5.32 Å². The molecule has 1 aliphatic rings. The average molecular weight is 551 g/mol. The third-order valence-electron chi connectivity index (χ3n) is 6.00. The second-order valence-electron chi connectivity index (χ2n) is 8.32. The monoisotopic (exact) mass is 550 g/mol. The van der Waals surface area contributed by atoms with E-state index in [9.17, 15) is 34.2 Å². The molecule has 1 atom stereocenters. The number of anilines is 1. The van der Waals surface area contributed by atoms with E-state index in [-0.39, 0.29) is 44.8 Å². The molecular formula is C22H33GaN4O8. The van der Waals surface area contributed by atoms with Gasteiger partial charge in [0.25, 0.3) is 0 Å². The minimum Gasteiger partial charge on any atom is -0.870 e. The largest absolute Gasteiger partial charge is 3.00 e. The van der Waals surface area contributed by atoms with Gasteiger partial charge in [-0.2, -0.15) is 0 Å². The molecule has 192 valence electrons. The Kier molecular flexibility index (Phi) is 15.6. The van der Waals surface area contributed by atoms with Gasteiger partial charge in [-0.1, -0.05) is 13.3 Å². The SMILES string of the molecule is CCCc1c(NCCCC(C(=O)[O-])N2CCN(CC=O)CCN(CC(=O)[O-])CC2)c(=O)c1=O.[Ga+3].[OH-]. The second-order valence-corrected chi connectivity index (χ2v) is 8.32. The van der Waals surface area contributed by atoms with E-state index in [1.54, 1.807) is 9.80 Å². The van der Waals surface area contributed by atoms with Crippen LogP contribution < -0.4 is 26.4 Å². The van der Waals surface area contributed by atoms with Gasteiger partial charge in [0, 0.05) is 64.0 Å². The molecule has 2 rings (SSSR count). The van der Waals surface area contributed by atoms with Crippen LogP contribution in [0.15, 0.2) is 9.59 Å². The molecule has 0 radical (unpaired) electrons. The van der Waals surface area contributed by atoms with Crippen molar-refractivity contribution in [2.45, 2.75) is 38.6 Å². The number of nitrogens with one attached hydrogen (secondary N) is 1. The van der Waals surface area contributed by atoms with Crippen molar-refractivity contribution >= 4 is 43.7 Å². The molecule has 1 heterocycles. The van der Waals surface area contributed by atoms with Gasteiger partial charge in [0.2, 0.25) is 10.9 Å². The third kappa shape index (κ3) is 9.86. The van der Waals surface area contributed by atoms with Gasteiger partial charge in [-0.05, 0) is 19.3 Å². The van der Waals surface area contributed by atoms with Crippen LogP contribution in [-0.2, 0) is 20.8 Å². The summed E-state index contributed by atoms with van der Waals surface area (Å²) in [4.78, 5) is 62.6. The number of hydrogen-bond donors (Lipinski definition) is 1. The van der Waals surface area contributed by atoms with Crippen molar-refractivity contribution in [1.82, 2.24) is 14.7 Å². The van der Waals surface area contributed by atoms with Gasteiger partial charge < -0.3 is 35.4 Å². The number of aliphatic carboxylic acids is 2. The molecule has 13 heteroatoms. The van der Waals surface area contributed by atoms with E-state index >= 15 is 0 Å². The summed E-state index contributed by atoms with van der Waals surface area (Å²) in [6.07, 6.45) is 2.73. The standard InChI is InChI=1S/C22H34N4O7.Ga.H2O/c1-2-4-16-19(21(31)20(16)30)23-6-3-5-17(22(32)33)26-11-9-24(13-14-27)7-8-25(10-12-26)15-18(28)29;;/h14,17,23H,2-13,15H2,1H3,(H,28,29)(H,32,33);;1H2/q;+3;/p-3. The van der Waals surface area contributed by atoms with Crippen molar-refractivity contribution < 1.29 is 30.1 Å². The molecule has 35 heavy (non-hydrogen) atoms. The van der Waals surface area contributed by atoms with E-state index in [4.69, 9.17) is 0 Å². The van der Waals surface area contributed by atoms with Crippen molar-refractivity contribution in [2.75, 3.05) is 64.2 Å². The smallest absolute Gasteiger partial charge is 0.870 e. The fourth-order valence-corrected chi connectivity index (χ4v) is 4.17. The number of nitrogens with zero attached hydrogens (tertiary/aromatic N) is 3. The molecule has 1 fully saturated rings. The van der Waals surface area contributed by atoms with Crippen LogP contribution in [0.2, 0.25) is 0 Å². The summed E-state index contributed by atoms with van der Waals surface area (Å²) in [6.45, 7) is 4.59. The van der Waals surface area contributed by atoms with E-state index < -0.39 is 28.8 Å². The second kappa shape index (κ2) is 16.6. The fourth-order valence-electron chi connectivity index (χ4n) is 4.17. The summed E-state index contributed by atoms with van der Waals surface area (Å²) in [5, 5.41) is 25.9. The Morgan fingerprint density at radius 3 is 2.20 bits per heavy atom. The number of carbonyl (C=O) groups is 3. The van der Waals surface area contributed by atoms with E-state index in [0.717, 1.165) is 12.7 Å². The van der Waals surface area contributed by atoms with Gasteiger partial charge >= 0.3 is 19.8 Å². The third-order valence-corrected chi connectivity index (χ3v) is 6.00. The maximum absolute atomic E-state index is 11.9. The summed E-state index contributed by atoms with van der Waals surface area (Å²) in [5.74, 6) is -2.45. The Labute approximate surface area is 217 Å².